The molecule has 1 saturated heterocycles. The molecule has 3 rings (SSSR count). The maximum absolute atomic E-state index is 12.4. The number of carbonyl (C=O) groups excluding carboxylic acids is 2. The molecule has 0 aliphatic carbocycles. The largest absolute Gasteiger partial charge is 0.355 e. The van der Waals surface area contributed by atoms with Crippen LogP contribution in [0.1, 0.15) is 17.5 Å². The third kappa shape index (κ3) is 6.50. The van der Waals surface area contributed by atoms with E-state index in [2.05, 4.69) is 34.5 Å². The molecule has 2 aromatic carbocycles. The molecule has 1 aliphatic rings. The molecule has 0 radical (unpaired) electrons. The van der Waals surface area contributed by atoms with E-state index in [1.54, 1.807) is 0 Å². The van der Waals surface area contributed by atoms with Crippen LogP contribution in [0.4, 0.5) is 0 Å². The van der Waals surface area contributed by atoms with Crippen molar-refractivity contribution in [3.8, 4) is 0 Å². The Balaban J connectivity index is 1.30. The maximum atomic E-state index is 12.4. The van der Waals surface area contributed by atoms with Crippen molar-refractivity contribution in [3.05, 3.63) is 71.8 Å². The third-order valence-corrected chi connectivity index (χ3v) is 5.15. The Morgan fingerprint density at radius 3 is 2.07 bits per heavy atom. The van der Waals surface area contributed by atoms with Crippen molar-refractivity contribution in [3.63, 3.8) is 0 Å². The molecule has 0 unspecified atom stereocenters. The summed E-state index contributed by atoms with van der Waals surface area (Å²) in [6.45, 7) is 4.80. The molecule has 1 aliphatic heterocycles. The van der Waals surface area contributed by atoms with E-state index in [-0.39, 0.29) is 11.8 Å². The Morgan fingerprint density at radius 1 is 0.821 bits per heavy atom. The van der Waals surface area contributed by atoms with Gasteiger partial charge in [-0.25, -0.2) is 0 Å². The van der Waals surface area contributed by atoms with Gasteiger partial charge in [0.15, 0.2) is 0 Å². The first-order chi connectivity index (χ1) is 13.7. The zero-order valence-corrected chi connectivity index (χ0v) is 16.3. The van der Waals surface area contributed by atoms with Crippen molar-refractivity contribution >= 4 is 11.8 Å². The monoisotopic (exact) mass is 379 g/mol. The molecule has 5 nitrogen and oxygen atoms in total. The van der Waals surface area contributed by atoms with Gasteiger partial charge in [0, 0.05) is 45.7 Å². The fraction of sp³-hybridized carbons (Fsp3) is 0.391. The predicted octanol–water partition coefficient (Wildman–Crippen LogP) is 2.12. The fourth-order valence-electron chi connectivity index (χ4n) is 3.46. The molecule has 1 fully saturated rings. The van der Waals surface area contributed by atoms with Crippen LogP contribution in [0.2, 0.25) is 0 Å². The maximum Gasteiger partial charge on any atom is 0.224 e. The first-order valence-electron chi connectivity index (χ1n) is 10.1. The number of nitrogens with zero attached hydrogens (tertiary/aromatic N) is 2. The predicted molar refractivity (Wildman–Crippen MR) is 111 cm³/mol. The summed E-state index contributed by atoms with van der Waals surface area (Å²) in [6, 6.07) is 20.1. The lowest BCUT2D eigenvalue weighted by Gasteiger charge is -2.34. The highest BCUT2D eigenvalue weighted by Crippen LogP contribution is 2.07. The zero-order valence-electron chi connectivity index (χ0n) is 16.3. The van der Waals surface area contributed by atoms with Crippen LogP contribution in [0.3, 0.4) is 0 Å². The molecule has 1 heterocycles. The zero-order chi connectivity index (χ0) is 19.6. The van der Waals surface area contributed by atoms with Gasteiger partial charge in [0.1, 0.15) is 0 Å². The second-order valence-corrected chi connectivity index (χ2v) is 7.22. The number of rotatable bonds is 8. The van der Waals surface area contributed by atoms with E-state index >= 15 is 0 Å². The highest BCUT2D eigenvalue weighted by atomic mass is 16.2. The van der Waals surface area contributed by atoms with E-state index < -0.39 is 0 Å². The quantitative estimate of drug-likeness (QED) is 0.764. The Hall–Kier alpha value is -2.66. The number of hydrogen-bond donors (Lipinski definition) is 1. The fourth-order valence-corrected chi connectivity index (χ4v) is 3.46. The van der Waals surface area contributed by atoms with Crippen molar-refractivity contribution in [1.82, 2.24) is 15.1 Å². The average molecular weight is 380 g/mol. The van der Waals surface area contributed by atoms with E-state index in [4.69, 9.17) is 0 Å². The number of piperazine rings is 1. The van der Waals surface area contributed by atoms with Crippen LogP contribution in [0.15, 0.2) is 60.7 Å². The molecule has 28 heavy (non-hydrogen) atoms. The topological polar surface area (TPSA) is 52.7 Å². The van der Waals surface area contributed by atoms with Gasteiger partial charge in [-0.05, 0) is 17.5 Å². The normalized spacial score (nSPS) is 14.6. The summed E-state index contributed by atoms with van der Waals surface area (Å²) >= 11 is 0. The van der Waals surface area contributed by atoms with Gasteiger partial charge < -0.3 is 10.2 Å². The third-order valence-electron chi connectivity index (χ3n) is 5.15. The molecule has 148 valence electrons. The minimum Gasteiger partial charge on any atom is -0.355 e. The summed E-state index contributed by atoms with van der Waals surface area (Å²) in [5.41, 5.74) is 2.34. The second-order valence-electron chi connectivity index (χ2n) is 7.22. The standard InChI is InChI=1S/C23H29N3O2/c27-22(19-21-9-5-2-6-10-21)24-13-11-23(28)26-17-15-25(16-18-26)14-12-20-7-3-1-4-8-20/h1-10H,11-19H2,(H,24,27). The summed E-state index contributed by atoms with van der Waals surface area (Å²) < 4.78 is 0. The summed E-state index contributed by atoms with van der Waals surface area (Å²) in [4.78, 5) is 28.7. The molecular formula is C23H29N3O2. The molecule has 0 aromatic heterocycles. The highest BCUT2D eigenvalue weighted by molar-refractivity contribution is 5.80. The van der Waals surface area contributed by atoms with E-state index in [0.29, 0.717) is 19.4 Å². The van der Waals surface area contributed by atoms with Crippen LogP contribution in [0.5, 0.6) is 0 Å². The van der Waals surface area contributed by atoms with Gasteiger partial charge in [-0.1, -0.05) is 60.7 Å². The molecular weight excluding hydrogens is 350 g/mol. The summed E-state index contributed by atoms with van der Waals surface area (Å²) in [5.74, 6) is 0.0902. The van der Waals surface area contributed by atoms with Crippen LogP contribution in [-0.4, -0.2) is 60.9 Å². The van der Waals surface area contributed by atoms with Crippen LogP contribution >= 0.6 is 0 Å². The summed E-state index contributed by atoms with van der Waals surface area (Å²) in [7, 11) is 0. The minimum atomic E-state index is -0.0373. The van der Waals surface area contributed by atoms with E-state index in [9.17, 15) is 9.59 Å². The number of nitrogens with one attached hydrogen (secondary N) is 1. The van der Waals surface area contributed by atoms with Gasteiger partial charge in [0.25, 0.3) is 0 Å². The number of benzene rings is 2. The number of carbonyl (C=O) groups is 2. The molecule has 0 saturated carbocycles. The van der Waals surface area contributed by atoms with Crippen LogP contribution in [0, 0.1) is 0 Å². The van der Waals surface area contributed by atoms with E-state index in [1.165, 1.54) is 5.56 Å². The molecule has 0 atom stereocenters. The lowest BCUT2D eigenvalue weighted by Crippen LogP contribution is -2.49. The Labute approximate surface area is 167 Å². The second kappa shape index (κ2) is 10.6. The van der Waals surface area contributed by atoms with Crippen LogP contribution < -0.4 is 5.32 Å². The Kier molecular flexibility index (Phi) is 7.62. The van der Waals surface area contributed by atoms with Gasteiger partial charge in [-0.15, -0.1) is 0 Å². The van der Waals surface area contributed by atoms with E-state index in [0.717, 1.165) is 44.7 Å². The van der Waals surface area contributed by atoms with Crippen molar-refractivity contribution < 1.29 is 9.59 Å². The van der Waals surface area contributed by atoms with Gasteiger partial charge in [0.05, 0.1) is 6.42 Å². The van der Waals surface area contributed by atoms with Crippen molar-refractivity contribution in [1.29, 1.82) is 0 Å². The lowest BCUT2D eigenvalue weighted by molar-refractivity contribution is -0.132. The SMILES string of the molecule is O=C(Cc1ccccc1)NCCC(=O)N1CCN(CCc2ccccc2)CC1. The Morgan fingerprint density at radius 2 is 1.43 bits per heavy atom. The first kappa shape index (κ1) is 20.1. The van der Waals surface area contributed by atoms with Crippen molar-refractivity contribution in [2.45, 2.75) is 19.3 Å². The number of amides is 2. The lowest BCUT2D eigenvalue weighted by atomic mass is 10.1. The molecule has 2 amide bonds. The molecule has 2 aromatic rings. The van der Waals surface area contributed by atoms with Gasteiger partial charge in [-0.3, -0.25) is 14.5 Å². The summed E-state index contributed by atoms with van der Waals surface area (Å²) in [5, 5.41) is 2.85. The van der Waals surface area contributed by atoms with Crippen molar-refractivity contribution in [2.75, 3.05) is 39.3 Å². The smallest absolute Gasteiger partial charge is 0.224 e. The summed E-state index contributed by atoms with van der Waals surface area (Å²) in [6.07, 6.45) is 1.77. The molecule has 0 spiro atoms. The molecule has 1 N–H and O–H groups in total. The Bertz CT molecular complexity index is 741. The average Bonchev–Trinajstić information content (AvgIpc) is 2.74. The van der Waals surface area contributed by atoms with E-state index in [1.807, 2.05) is 41.3 Å². The molecule has 5 heteroatoms. The van der Waals surface area contributed by atoms with Crippen LogP contribution in [-0.2, 0) is 22.4 Å². The highest BCUT2D eigenvalue weighted by Gasteiger charge is 2.20. The van der Waals surface area contributed by atoms with Crippen LogP contribution in [0.25, 0.3) is 0 Å². The van der Waals surface area contributed by atoms with Gasteiger partial charge in [0.2, 0.25) is 11.8 Å². The first-order valence-corrected chi connectivity index (χ1v) is 10.1. The number of hydrogen-bond acceptors (Lipinski definition) is 3. The van der Waals surface area contributed by atoms with Crippen molar-refractivity contribution in [2.24, 2.45) is 0 Å². The van der Waals surface area contributed by atoms with Gasteiger partial charge >= 0.3 is 0 Å². The minimum absolute atomic E-state index is 0.0373. The van der Waals surface area contributed by atoms with Gasteiger partial charge in [-0.2, -0.15) is 0 Å². The molecule has 0 bridgehead atoms.